The van der Waals surface area contributed by atoms with Crippen LogP contribution >= 0.6 is 0 Å². The molecule has 1 aromatic rings. The molecular formula is C10H13NO2S. The molecule has 1 N–H and O–H groups in total. The Labute approximate surface area is 84.2 Å². The van der Waals surface area contributed by atoms with Gasteiger partial charge in [0, 0.05) is 0 Å². The molecule has 14 heavy (non-hydrogen) atoms. The first-order chi connectivity index (χ1) is 6.48. The molecule has 0 radical (unpaired) electrons. The SMILES string of the molecule is CC(C)c1ccc2c(c1)NS(=O)(=O)C2. The van der Waals surface area contributed by atoms with Gasteiger partial charge in [-0.2, -0.15) is 0 Å². The van der Waals surface area contributed by atoms with Crippen LogP contribution in [-0.2, 0) is 15.8 Å². The molecule has 1 aromatic carbocycles. The maximum atomic E-state index is 11.3. The Morgan fingerprint density at radius 2 is 2.07 bits per heavy atom. The van der Waals surface area contributed by atoms with Gasteiger partial charge in [-0.3, -0.25) is 4.72 Å². The number of nitrogens with one attached hydrogen (secondary N) is 1. The van der Waals surface area contributed by atoms with Crippen LogP contribution in [0, 0.1) is 0 Å². The summed E-state index contributed by atoms with van der Waals surface area (Å²) >= 11 is 0. The van der Waals surface area contributed by atoms with E-state index in [4.69, 9.17) is 0 Å². The summed E-state index contributed by atoms with van der Waals surface area (Å²) in [6.07, 6.45) is 0. The molecule has 2 rings (SSSR count). The quantitative estimate of drug-likeness (QED) is 0.773. The van der Waals surface area contributed by atoms with Gasteiger partial charge in [-0.05, 0) is 23.1 Å². The first kappa shape index (κ1) is 9.52. The third-order valence-electron chi connectivity index (χ3n) is 2.41. The van der Waals surface area contributed by atoms with E-state index in [1.807, 2.05) is 18.2 Å². The number of fused-ring (bicyclic) bond motifs is 1. The third kappa shape index (κ3) is 1.62. The fourth-order valence-electron chi connectivity index (χ4n) is 1.58. The van der Waals surface area contributed by atoms with E-state index in [2.05, 4.69) is 18.6 Å². The Morgan fingerprint density at radius 1 is 1.36 bits per heavy atom. The average Bonchev–Trinajstić information content (AvgIpc) is 2.36. The van der Waals surface area contributed by atoms with Crippen LogP contribution in [0.2, 0.25) is 0 Å². The zero-order chi connectivity index (χ0) is 10.3. The minimum Gasteiger partial charge on any atom is -0.283 e. The summed E-state index contributed by atoms with van der Waals surface area (Å²) in [7, 11) is -3.10. The van der Waals surface area contributed by atoms with Gasteiger partial charge in [0.25, 0.3) is 0 Å². The van der Waals surface area contributed by atoms with Gasteiger partial charge in [0.15, 0.2) is 0 Å². The van der Waals surface area contributed by atoms with Crippen molar-refractivity contribution in [3.05, 3.63) is 29.3 Å². The highest BCUT2D eigenvalue weighted by atomic mass is 32.2. The van der Waals surface area contributed by atoms with Crippen LogP contribution in [0.4, 0.5) is 5.69 Å². The number of hydrogen-bond donors (Lipinski definition) is 1. The molecule has 0 aliphatic carbocycles. The minimum absolute atomic E-state index is 0.112. The molecule has 0 spiro atoms. The molecule has 1 aliphatic heterocycles. The lowest BCUT2D eigenvalue weighted by atomic mass is 10.0. The maximum Gasteiger partial charge on any atom is 0.237 e. The van der Waals surface area contributed by atoms with Gasteiger partial charge in [-0.25, -0.2) is 8.42 Å². The molecule has 0 aromatic heterocycles. The first-order valence-corrected chi connectivity index (χ1v) is 6.26. The number of anilines is 1. The van der Waals surface area contributed by atoms with Crippen molar-refractivity contribution in [3.8, 4) is 0 Å². The monoisotopic (exact) mass is 211 g/mol. The molecule has 0 amide bonds. The van der Waals surface area contributed by atoms with E-state index < -0.39 is 10.0 Å². The second kappa shape index (κ2) is 2.98. The van der Waals surface area contributed by atoms with Crippen LogP contribution in [0.5, 0.6) is 0 Å². The molecule has 1 heterocycles. The highest BCUT2D eigenvalue weighted by Crippen LogP contribution is 2.29. The van der Waals surface area contributed by atoms with Crippen molar-refractivity contribution in [1.82, 2.24) is 0 Å². The lowest BCUT2D eigenvalue weighted by molar-refractivity contribution is 0.602. The van der Waals surface area contributed by atoms with Gasteiger partial charge in [0.2, 0.25) is 10.0 Å². The Balaban J connectivity index is 2.45. The van der Waals surface area contributed by atoms with Crippen molar-refractivity contribution < 1.29 is 8.42 Å². The van der Waals surface area contributed by atoms with Gasteiger partial charge in [-0.1, -0.05) is 26.0 Å². The van der Waals surface area contributed by atoms with E-state index in [0.29, 0.717) is 5.92 Å². The van der Waals surface area contributed by atoms with E-state index in [-0.39, 0.29) is 5.75 Å². The van der Waals surface area contributed by atoms with Gasteiger partial charge in [0.1, 0.15) is 0 Å². The van der Waals surface area contributed by atoms with Crippen LogP contribution in [0.1, 0.15) is 30.9 Å². The van der Waals surface area contributed by atoms with Crippen molar-refractivity contribution in [2.75, 3.05) is 4.72 Å². The first-order valence-electron chi connectivity index (χ1n) is 4.61. The largest absolute Gasteiger partial charge is 0.283 e. The standard InChI is InChI=1S/C10H13NO2S/c1-7(2)8-3-4-9-6-14(12,13)11-10(9)5-8/h3-5,7,11H,6H2,1-2H3. The van der Waals surface area contributed by atoms with Crippen molar-refractivity contribution in [1.29, 1.82) is 0 Å². The molecule has 76 valence electrons. The van der Waals surface area contributed by atoms with E-state index in [9.17, 15) is 8.42 Å². The highest BCUT2D eigenvalue weighted by Gasteiger charge is 2.23. The van der Waals surface area contributed by atoms with Gasteiger partial charge in [-0.15, -0.1) is 0 Å². The molecular weight excluding hydrogens is 198 g/mol. The molecule has 3 nitrogen and oxygen atoms in total. The van der Waals surface area contributed by atoms with Crippen LogP contribution in [-0.4, -0.2) is 8.42 Å². The Bertz CT molecular complexity index is 463. The van der Waals surface area contributed by atoms with E-state index in [1.165, 1.54) is 0 Å². The van der Waals surface area contributed by atoms with Gasteiger partial charge < -0.3 is 0 Å². The average molecular weight is 211 g/mol. The Hall–Kier alpha value is -1.03. The normalized spacial score (nSPS) is 17.9. The fraction of sp³-hybridized carbons (Fsp3) is 0.400. The molecule has 0 saturated heterocycles. The lowest BCUT2D eigenvalue weighted by Crippen LogP contribution is -2.05. The van der Waals surface area contributed by atoms with Crippen molar-refractivity contribution in [2.45, 2.75) is 25.5 Å². The predicted octanol–water partition coefficient (Wildman–Crippen LogP) is 2.07. The summed E-state index contributed by atoms with van der Waals surface area (Å²) in [6, 6.07) is 5.80. The van der Waals surface area contributed by atoms with Crippen molar-refractivity contribution >= 4 is 15.7 Å². The molecule has 0 saturated carbocycles. The van der Waals surface area contributed by atoms with E-state index in [0.717, 1.165) is 16.8 Å². The Kier molecular flexibility index (Phi) is 2.03. The van der Waals surface area contributed by atoms with Crippen LogP contribution < -0.4 is 4.72 Å². The smallest absolute Gasteiger partial charge is 0.237 e. The number of sulfonamides is 1. The number of benzene rings is 1. The summed E-state index contributed by atoms with van der Waals surface area (Å²) in [5, 5.41) is 0. The molecule has 0 fully saturated rings. The van der Waals surface area contributed by atoms with E-state index >= 15 is 0 Å². The number of hydrogen-bond acceptors (Lipinski definition) is 2. The fourth-order valence-corrected chi connectivity index (χ4v) is 2.84. The molecule has 0 atom stereocenters. The van der Waals surface area contributed by atoms with Gasteiger partial charge in [0.05, 0.1) is 11.4 Å². The summed E-state index contributed by atoms with van der Waals surface area (Å²) in [5.74, 6) is 0.533. The van der Waals surface area contributed by atoms with Crippen LogP contribution in [0.15, 0.2) is 18.2 Å². The molecule has 0 unspecified atom stereocenters. The lowest BCUT2D eigenvalue weighted by Gasteiger charge is -2.06. The van der Waals surface area contributed by atoms with Crippen LogP contribution in [0.3, 0.4) is 0 Å². The second-order valence-corrected chi connectivity index (χ2v) is 5.65. The molecule has 0 bridgehead atoms. The topological polar surface area (TPSA) is 46.2 Å². The highest BCUT2D eigenvalue weighted by molar-refractivity contribution is 7.92. The molecule has 4 heteroatoms. The third-order valence-corrected chi connectivity index (χ3v) is 3.63. The number of rotatable bonds is 1. The van der Waals surface area contributed by atoms with E-state index in [1.54, 1.807) is 0 Å². The zero-order valence-electron chi connectivity index (χ0n) is 8.24. The van der Waals surface area contributed by atoms with Gasteiger partial charge >= 0.3 is 0 Å². The van der Waals surface area contributed by atoms with Crippen LogP contribution in [0.25, 0.3) is 0 Å². The second-order valence-electron chi connectivity index (χ2n) is 3.93. The van der Waals surface area contributed by atoms with Crippen molar-refractivity contribution in [3.63, 3.8) is 0 Å². The summed E-state index contributed by atoms with van der Waals surface area (Å²) in [4.78, 5) is 0. The summed E-state index contributed by atoms with van der Waals surface area (Å²) in [6.45, 7) is 4.18. The Morgan fingerprint density at radius 3 is 2.71 bits per heavy atom. The summed E-state index contributed by atoms with van der Waals surface area (Å²) in [5.41, 5.74) is 2.78. The summed E-state index contributed by atoms with van der Waals surface area (Å²) < 4.78 is 25.1. The minimum atomic E-state index is -3.10. The molecule has 1 aliphatic rings. The maximum absolute atomic E-state index is 11.3. The van der Waals surface area contributed by atoms with Crippen molar-refractivity contribution in [2.24, 2.45) is 0 Å². The predicted molar refractivity (Wildman–Crippen MR) is 56.8 cm³/mol. The zero-order valence-corrected chi connectivity index (χ0v) is 9.06.